The molecule has 2 aromatic rings. The zero-order valence-corrected chi connectivity index (χ0v) is 19.3. The highest BCUT2D eigenvalue weighted by atomic mass is 16.5. The summed E-state index contributed by atoms with van der Waals surface area (Å²) in [6.07, 6.45) is 0.609. The van der Waals surface area contributed by atoms with Crippen LogP contribution in [0.15, 0.2) is 36.4 Å². The molecule has 34 heavy (non-hydrogen) atoms. The second kappa shape index (κ2) is 13.3. The van der Waals surface area contributed by atoms with Gasteiger partial charge in [-0.3, -0.25) is 15.0 Å². The number of nitrogens with one attached hydrogen (secondary N) is 2. The summed E-state index contributed by atoms with van der Waals surface area (Å²) in [4.78, 5) is 32.3. The number of carbonyl (C=O) groups is 3. The molecule has 0 spiro atoms. The molecule has 0 radical (unpaired) electrons. The number of amidine groups is 1. The van der Waals surface area contributed by atoms with E-state index in [1.54, 1.807) is 36.4 Å². The highest BCUT2D eigenvalue weighted by molar-refractivity contribution is 5.95. The summed E-state index contributed by atoms with van der Waals surface area (Å²) in [6, 6.07) is 8.59. The van der Waals surface area contributed by atoms with E-state index in [9.17, 15) is 14.7 Å². The lowest BCUT2D eigenvalue weighted by atomic mass is 9.99. The van der Waals surface area contributed by atoms with Crippen molar-refractivity contribution in [3.8, 4) is 11.5 Å². The van der Waals surface area contributed by atoms with Gasteiger partial charge < -0.3 is 36.5 Å². The van der Waals surface area contributed by atoms with Crippen LogP contribution in [-0.4, -0.2) is 47.1 Å². The Kier molecular flexibility index (Phi) is 10.9. The van der Waals surface area contributed by atoms with Crippen molar-refractivity contribution in [3.05, 3.63) is 53.1 Å². The molecule has 0 aliphatic rings. The Bertz CT molecular complexity index is 1020. The Balaban J connectivity index is 0.00000133. The van der Waals surface area contributed by atoms with Gasteiger partial charge in [0.25, 0.3) is 11.9 Å². The molecule has 0 saturated heterocycles. The van der Waals surface area contributed by atoms with Crippen LogP contribution in [0, 0.1) is 5.41 Å². The van der Waals surface area contributed by atoms with Crippen molar-refractivity contribution in [2.75, 3.05) is 18.5 Å². The number of aryl methyl sites for hydroxylation is 1. The molecule has 0 fully saturated rings. The van der Waals surface area contributed by atoms with Crippen LogP contribution in [0.5, 0.6) is 11.5 Å². The Morgan fingerprint density at radius 3 is 2.06 bits per heavy atom. The fraction of sp³-hybridized carbons (Fsp3) is 0.304. The molecule has 0 aliphatic heterocycles. The van der Waals surface area contributed by atoms with Crippen molar-refractivity contribution in [1.29, 1.82) is 5.41 Å². The Morgan fingerprint density at radius 2 is 1.62 bits per heavy atom. The second-order valence-electron chi connectivity index (χ2n) is 6.96. The number of ether oxygens (including phenoxy) is 2. The van der Waals surface area contributed by atoms with Crippen LogP contribution in [0.25, 0.3) is 0 Å². The first-order valence-corrected chi connectivity index (χ1v) is 10.3. The van der Waals surface area contributed by atoms with Crippen LogP contribution in [0.3, 0.4) is 0 Å². The van der Waals surface area contributed by atoms with Crippen molar-refractivity contribution in [3.63, 3.8) is 0 Å². The standard InChI is InChI=1S/C21H26N4O5.C2H4O2/c1-3-12-9-15(17(30-11-18(22)26)10-16(12)29-4-2)19(21(27)28)25-14-7-5-13(6-8-14)20(23)24;1-2(3)4/h5-10,19,25H,3-4,11H2,1-2H3,(H2,22,26)(H3,23,24)(H,27,28);1H3,(H,3,4). The second-order valence-corrected chi connectivity index (χ2v) is 6.96. The van der Waals surface area contributed by atoms with E-state index in [0.717, 1.165) is 12.5 Å². The maximum Gasteiger partial charge on any atom is 0.330 e. The van der Waals surface area contributed by atoms with E-state index in [1.807, 2.05) is 13.8 Å². The molecule has 8 N–H and O–H groups in total. The van der Waals surface area contributed by atoms with E-state index >= 15 is 0 Å². The Morgan fingerprint density at radius 1 is 1.03 bits per heavy atom. The molecule has 11 nitrogen and oxygen atoms in total. The number of amides is 1. The molecule has 2 aromatic carbocycles. The summed E-state index contributed by atoms with van der Waals surface area (Å²) in [7, 11) is 0. The van der Waals surface area contributed by atoms with E-state index < -0.39 is 30.5 Å². The van der Waals surface area contributed by atoms with Gasteiger partial charge in [-0.2, -0.15) is 0 Å². The topological polar surface area (TPSA) is 198 Å². The number of hydrogen-bond acceptors (Lipinski definition) is 7. The number of rotatable bonds is 11. The number of nitrogens with two attached hydrogens (primary N) is 2. The minimum absolute atomic E-state index is 0.0856. The summed E-state index contributed by atoms with van der Waals surface area (Å²) < 4.78 is 11.1. The number of nitrogen functional groups attached to an aromatic ring is 1. The van der Waals surface area contributed by atoms with Crippen molar-refractivity contribution < 1.29 is 34.1 Å². The van der Waals surface area contributed by atoms with E-state index in [-0.39, 0.29) is 11.6 Å². The molecule has 2 rings (SSSR count). The Hall–Kier alpha value is -4.28. The van der Waals surface area contributed by atoms with E-state index in [2.05, 4.69) is 5.32 Å². The van der Waals surface area contributed by atoms with E-state index in [0.29, 0.717) is 35.6 Å². The average molecular weight is 475 g/mol. The molecule has 11 heteroatoms. The lowest BCUT2D eigenvalue weighted by Crippen LogP contribution is -2.24. The van der Waals surface area contributed by atoms with Gasteiger partial charge in [0.1, 0.15) is 17.3 Å². The van der Waals surface area contributed by atoms with Crippen LogP contribution in [-0.2, 0) is 20.8 Å². The minimum atomic E-state index is -1.17. The molecular formula is C23H30N4O7. The molecule has 1 atom stereocenters. The first-order chi connectivity index (χ1) is 16.0. The summed E-state index contributed by atoms with van der Waals surface area (Å²) in [6.45, 7) is 4.87. The third-order valence-corrected chi connectivity index (χ3v) is 4.31. The predicted molar refractivity (Wildman–Crippen MR) is 126 cm³/mol. The molecule has 0 heterocycles. The number of primary amides is 1. The SMILES string of the molecule is CC(=O)O.CCOc1cc(OCC(N)=O)c(C(Nc2ccc(C(=N)N)cc2)C(=O)O)cc1CC. The molecule has 0 bridgehead atoms. The lowest BCUT2D eigenvalue weighted by Gasteiger charge is -2.22. The third-order valence-electron chi connectivity index (χ3n) is 4.31. The monoisotopic (exact) mass is 474 g/mol. The van der Waals surface area contributed by atoms with Crippen LogP contribution < -0.4 is 26.3 Å². The van der Waals surface area contributed by atoms with Crippen LogP contribution in [0.4, 0.5) is 5.69 Å². The molecule has 184 valence electrons. The van der Waals surface area contributed by atoms with Gasteiger partial charge in [-0.15, -0.1) is 0 Å². The Labute approximate surface area is 197 Å². The number of aliphatic carboxylic acids is 2. The largest absolute Gasteiger partial charge is 0.493 e. The van der Waals surface area contributed by atoms with Crippen molar-refractivity contribution >= 4 is 29.4 Å². The highest BCUT2D eigenvalue weighted by Crippen LogP contribution is 2.35. The predicted octanol–water partition coefficient (Wildman–Crippen LogP) is 2.12. The van der Waals surface area contributed by atoms with E-state index in [4.69, 9.17) is 36.3 Å². The number of carbonyl (C=O) groups excluding carboxylic acids is 1. The summed E-state index contributed by atoms with van der Waals surface area (Å²) >= 11 is 0. The number of hydrogen-bond donors (Lipinski definition) is 6. The first kappa shape index (κ1) is 27.8. The molecule has 0 aromatic heterocycles. The quantitative estimate of drug-likeness (QED) is 0.208. The molecular weight excluding hydrogens is 444 g/mol. The highest BCUT2D eigenvalue weighted by Gasteiger charge is 2.26. The van der Waals surface area contributed by atoms with Crippen LogP contribution >= 0.6 is 0 Å². The first-order valence-electron chi connectivity index (χ1n) is 10.3. The zero-order valence-electron chi connectivity index (χ0n) is 19.3. The number of anilines is 1. The lowest BCUT2D eigenvalue weighted by molar-refractivity contribution is -0.138. The number of carboxylic acid groups (broad SMARTS) is 2. The summed E-state index contributed by atoms with van der Waals surface area (Å²) in [5, 5.41) is 27.7. The van der Waals surface area contributed by atoms with Gasteiger partial charge in [0.2, 0.25) is 0 Å². The normalized spacial score (nSPS) is 10.8. The van der Waals surface area contributed by atoms with Gasteiger partial charge in [0, 0.05) is 29.8 Å². The van der Waals surface area contributed by atoms with Crippen molar-refractivity contribution in [2.45, 2.75) is 33.2 Å². The third kappa shape index (κ3) is 8.69. The van der Waals surface area contributed by atoms with Gasteiger partial charge in [0.15, 0.2) is 12.6 Å². The number of benzene rings is 2. The zero-order chi connectivity index (χ0) is 25.8. The van der Waals surface area contributed by atoms with Gasteiger partial charge in [0.05, 0.1) is 6.61 Å². The van der Waals surface area contributed by atoms with Gasteiger partial charge in [-0.1, -0.05) is 6.92 Å². The summed E-state index contributed by atoms with van der Waals surface area (Å²) in [5.74, 6) is -2.00. The molecule has 0 aliphatic carbocycles. The fourth-order valence-corrected chi connectivity index (χ4v) is 2.88. The molecule has 0 saturated carbocycles. The van der Waals surface area contributed by atoms with Crippen LogP contribution in [0.1, 0.15) is 43.5 Å². The maximum absolute atomic E-state index is 12.1. The minimum Gasteiger partial charge on any atom is -0.493 e. The summed E-state index contributed by atoms with van der Waals surface area (Å²) in [5.41, 5.74) is 12.8. The molecule has 1 unspecified atom stereocenters. The van der Waals surface area contributed by atoms with Gasteiger partial charge >= 0.3 is 5.97 Å². The number of carboxylic acids is 2. The average Bonchev–Trinajstić information content (AvgIpc) is 2.76. The van der Waals surface area contributed by atoms with Crippen LogP contribution in [0.2, 0.25) is 0 Å². The maximum atomic E-state index is 12.1. The smallest absolute Gasteiger partial charge is 0.330 e. The van der Waals surface area contributed by atoms with E-state index in [1.165, 1.54) is 0 Å². The van der Waals surface area contributed by atoms with Gasteiger partial charge in [-0.05, 0) is 49.2 Å². The van der Waals surface area contributed by atoms with Gasteiger partial charge in [-0.25, -0.2) is 4.79 Å². The molecule has 1 amide bonds. The van der Waals surface area contributed by atoms with Crippen molar-refractivity contribution in [2.24, 2.45) is 11.5 Å². The van der Waals surface area contributed by atoms with Crippen molar-refractivity contribution in [1.82, 2.24) is 0 Å². The fourth-order valence-electron chi connectivity index (χ4n) is 2.88.